The van der Waals surface area contributed by atoms with Crippen LogP contribution in [0.4, 0.5) is 5.69 Å². The molecule has 1 aromatic heterocycles. The molecule has 0 unspecified atom stereocenters. The van der Waals surface area contributed by atoms with Crippen LogP contribution in [0.15, 0.2) is 29.3 Å². The Balaban J connectivity index is 0.000000637. The van der Waals surface area contributed by atoms with Crippen molar-refractivity contribution in [1.82, 2.24) is 4.98 Å². The zero-order valence-electron chi connectivity index (χ0n) is 11.1. The molecule has 0 atom stereocenters. The molecule has 98 valence electrons. The van der Waals surface area contributed by atoms with Crippen molar-refractivity contribution in [2.75, 3.05) is 12.3 Å². The highest BCUT2D eigenvalue weighted by Crippen LogP contribution is 2.24. The van der Waals surface area contributed by atoms with E-state index in [4.69, 9.17) is 5.73 Å². The fourth-order valence-corrected chi connectivity index (χ4v) is 2.75. The van der Waals surface area contributed by atoms with Gasteiger partial charge >= 0.3 is 0 Å². The van der Waals surface area contributed by atoms with E-state index in [1.807, 2.05) is 56.5 Å². The van der Waals surface area contributed by atoms with Gasteiger partial charge in [-0.05, 0) is 24.3 Å². The lowest BCUT2D eigenvalue weighted by molar-refractivity contribution is 1.26. The van der Waals surface area contributed by atoms with Crippen LogP contribution in [0.5, 0.6) is 0 Å². The number of aliphatic imine (C=N–C) groups is 1. The second kappa shape index (κ2) is 6.29. The number of nitrogen functional groups attached to an aromatic ring is 1. The lowest BCUT2D eigenvalue weighted by Crippen LogP contribution is -2.20. The SMILES string of the molecule is CC.Nc1ccccc1-c1nc2c(s1)=CC=NCC=2. The zero-order valence-corrected chi connectivity index (χ0v) is 11.9. The molecule has 0 radical (unpaired) electrons. The summed E-state index contributed by atoms with van der Waals surface area (Å²) in [6, 6.07) is 7.81. The summed E-state index contributed by atoms with van der Waals surface area (Å²) in [6.07, 6.45) is 5.87. The standard InChI is InChI=1S/C13H11N3S.C2H6/c14-10-4-2-1-3-9(10)13-16-11-5-7-15-8-6-12(11)17-13;1-2/h1-6,8H,7,14H2;1-2H3. The molecule has 3 nitrogen and oxygen atoms in total. The first-order chi connectivity index (χ1) is 9.34. The Morgan fingerprint density at radius 2 is 2.00 bits per heavy atom. The molecule has 0 saturated carbocycles. The van der Waals surface area contributed by atoms with E-state index in [9.17, 15) is 0 Å². The van der Waals surface area contributed by atoms with Gasteiger partial charge in [0.2, 0.25) is 0 Å². The first kappa shape index (κ1) is 13.5. The van der Waals surface area contributed by atoms with Crippen LogP contribution in [0.3, 0.4) is 0 Å². The number of benzene rings is 1. The third-order valence-electron chi connectivity index (χ3n) is 2.59. The number of hydrogen-bond donors (Lipinski definition) is 1. The fraction of sp³-hybridized carbons (Fsp3) is 0.200. The molecular weight excluding hydrogens is 254 g/mol. The minimum Gasteiger partial charge on any atom is -0.398 e. The summed E-state index contributed by atoms with van der Waals surface area (Å²) in [5.74, 6) is 0. The topological polar surface area (TPSA) is 51.3 Å². The van der Waals surface area contributed by atoms with Crippen molar-refractivity contribution in [3.05, 3.63) is 34.1 Å². The summed E-state index contributed by atoms with van der Waals surface area (Å²) in [5.41, 5.74) is 7.73. The summed E-state index contributed by atoms with van der Waals surface area (Å²) in [4.78, 5) is 8.80. The summed E-state index contributed by atoms with van der Waals surface area (Å²) < 4.78 is 1.14. The number of hydrogen-bond acceptors (Lipinski definition) is 4. The first-order valence-corrected chi connectivity index (χ1v) is 7.18. The number of rotatable bonds is 1. The average Bonchev–Trinajstić information content (AvgIpc) is 2.72. The molecule has 0 amide bonds. The lowest BCUT2D eigenvalue weighted by atomic mass is 10.2. The molecule has 2 aromatic rings. The van der Waals surface area contributed by atoms with Gasteiger partial charge in [-0.2, -0.15) is 0 Å². The Morgan fingerprint density at radius 1 is 1.21 bits per heavy atom. The molecule has 0 spiro atoms. The average molecular weight is 271 g/mol. The predicted molar refractivity (Wildman–Crippen MR) is 84.8 cm³/mol. The number of anilines is 1. The highest BCUT2D eigenvalue weighted by atomic mass is 32.1. The number of nitrogens with two attached hydrogens (primary N) is 1. The van der Waals surface area contributed by atoms with E-state index in [0.717, 1.165) is 26.1 Å². The second-order valence-electron chi connectivity index (χ2n) is 3.74. The van der Waals surface area contributed by atoms with E-state index in [1.54, 1.807) is 11.3 Å². The van der Waals surface area contributed by atoms with Gasteiger partial charge < -0.3 is 5.73 Å². The molecule has 1 aromatic carbocycles. The van der Waals surface area contributed by atoms with Gasteiger partial charge in [0.15, 0.2) is 0 Å². The van der Waals surface area contributed by atoms with Gasteiger partial charge in [-0.1, -0.05) is 26.0 Å². The second-order valence-corrected chi connectivity index (χ2v) is 4.77. The number of nitrogens with zero attached hydrogens (tertiary/aromatic N) is 2. The Bertz CT molecular complexity index is 698. The van der Waals surface area contributed by atoms with Crippen molar-refractivity contribution in [3.8, 4) is 10.6 Å². The van der Waals surface area contributed by atoms with Crippen molar-refractivity contribution < 1.29 is 0 Å². The predicted octanol–water partition coefficient (Wildman–Crippen LogP) is 2.06. The highest BCUT2D eigenvalue weighted by Gasteiger charge is 2.06. The van der Waals surface area contributed by atoms with Crippen LogP contribution in [0.25, 0.3) is 22.7 Å². The van der Waals surface area contributed by atoms with E-state index in [-0.39, 0.29) is 0 Å². The maximum absolute atomic E-state index is 5.96. The third kappa shape index (κ3) is 2.90. The fourth-order valence-electron chi connectivity index (χ4n) is 1.74. The Kier molecular flexibility index (Phi) is 4.47. The van der Waals surface area contributed by atoms with Gasteiger partial charge in [0, 0.05) is 17.5 Å². The normalized spacial score (nSPS) is 12.3. The van der Waals surface area contributed by atoms with Crippen LogP contribution in [-0.4, -0.2) is 17.7 Å². The van der Waals surface area contributed by atoms with Crippen LogP contribution < -0.4 is 15.6 Å². The molecule has 0 saturated heterocycles. The smallest absolute Gasteiger partial charge is 0.126 e. The number of thiazole rings is 1. The lowest BCUT2D eigenvalue weighted by Gasteiger charge is -1.99. The summed E-state index contributed by atoms with van der Waals surface area (Å²) in [5, 5.41) is 1.97. The minimum absolute atomic E-state index is 0.691. The Labute approximate surface area is 116 Å². The van der Waals surface area contributed by atoms with Gasteiger partial charge in [-0.3, -0.25) is 4.99 Å². The third-order valence-corrected chi connectivity index (χ3v) is 3.66. The maximum Gasteiger partial charge on any atom is 0.126 e. The molecule has 2 N–H and O–H groups in total. The molecule has 0 bridgehead atoms. The van der Waals surface area contributed by atoms with Crippen molar-refractivity contribution in [3.63, 3.8) is 0 Å². The van der Waals surface area contributed by atoms with Crippen molar-refractivity contribution in [1.29, 1.82) is 0 Å². The van der Waals surface area contributed by atoms with Gasteiger partial charge in [-0.15, -0.1) is 11.3 Å². The van der Waals surface area contributed by atoms with Gasteiger partial charge in [-0.25, -0.2) is 4.98 Å². The molecule has 1 aliphatic rings. The Hall–Kier alpha value is -1.94. The van der Waals surface area contributed by atoms with Crippen molar-refractivity contribution in [2.45, 2.75) is 13.8 Å². The molecule has 3 rings (SSSR count). The number of para-hydroxylation sites is 1. The molecule has 19 heavy (non-hydrogen) atoms. The van der Waals surface area contributed by atoms with Crippen molar-refractivity contribution in [2.24, 2.45) is 4.99 Å². The summed E-state index contributed by atoms with van der Waals surface area (Å²) in [6.45, 7) is 4.69. The highest BCUT2D eigenvalue weighted by molar-refractivity contribution is 7.13. The van der Waals surface area contributed by atoms with Gasteiger partial charge in [0.25, 0.3) is 0 Å². The largest absolute Gasteiger partial charge is 0.398 e. The van der Waals surface area contributed by atoms with Crippen LogP contribution in [-0.2, 0) is 0 Å². The van der Waals surface area contributed by atoms with E-state index in [1.165, 1.54) is 0 Å². The van der Waals surface area contributed by atoms with Crippen LogP contribution in [0, 0.1) is 0 Å². The van der Waals surface area contributed by atoms with Gasteiger partial charge in [0.1, 0.15) is 5.01 Å². The van der Waals surface area contributed by atoms with Crippen LogP contribution in [0.2, 0.25) is 0 Å². The zero-order chi connectivity index (χ0) is 13.7. The minimum atomic E-state index is 0.691. The molecule has 1 aliphatic heterocycles. The summed E-state index contributed by atoms with van der Waals surface area (Å²) >= 11 is 1.65. The van der Waals surface area contributed by atoms with E-state index in [2.05, 4.69) is 9.98 Å². The van der Waals surface area contributed by atoms with E-state index in [0.29, 0.717) is 6.54 Å². The molecule has 4 heteroatoms. The first-order valence-electron chi connectivity index (χ1n) is 6.36. The van der Waals surface area contributed by atoms with Crippen LogP contribution >= 0.6 is 11.3 Å². The Morgan fingerprint density at radius 3 is 2.79 bits per heavy atom. The summed E-state index contributed by atoms with van der Waals surface area (Å²) in [7, 11) is 0. The van der Waals surface area contributed by atoms with Gasteiger partial charge in [0.05, 0.1) is 16.4 Å². The monoisotopic (exact) mass is 271 g/mol. The van der Waals surface area contributed by atoms with E-state index < -0.39 is 0 Å². The quantitative estimate of drug-likeness (QED) is 0.807. The molecular formula is C15H17N3S. The number of aromatic nitrogens is 1. The van der Waals surface area contributed by atoms with Crippen LogP contribution in [0.1, 0.15) is 13.8 Å². The maximum atomic E-state index is 5.96. The molecule has 2 heterocycles. The number of fused-ring (bicyclic) bond motifs is 1. The van der Waals surface area contributed by atoms with Crippen molar-refractivity contribution >= 4 is 35.4 Å². The molecule has 0 aliphatic carbocycles. The van der Waals surface area contributed by atoms with E-state index >= 15 is 0 Å². The molecule has 0 fully saturated rings.